The van der Waals surface area contributed by atoms with Gasteiger partial charge in [-0.2, -0.15) is 12.7 Å². The van der Waals surface area contributed by atoms with E-state index in [0.717, 1.165) is 4.31 Å². The van der Waals surface area contributed by atoms with Gasteiger partial charge in [0.25, 0.3) is 10.2 Å². The van der Waals surface area contributed by atoms with Gasteiger partial charge in [-0.1, -0.05) is 0 Å². The second-order valence-corrected chi connectivity index (χ2v) is 4.54. The van der Waals surface area contributed by atoms with Crippen LogP contribution in [-0.4, -0.2) is 50.2 Å². The molecule has 0 aromatic carbocycles. The predicted molar refractivity (Wildman–Crippen MR) is 46.1 cm³/mol. The van der Waals surface area contributed by atoms with E-state index in [-0.39, 0.29) is 19.3 Å². The molecule has 0 bridgehead atoms. The third-order valence-electron chi connectivity index (χ3n) is 2.20. The number of methoxy groups -OCH3 is 1. The summed E-state index contributed by atoms with van der Waals surface area (Å²) >= 11 is 0. The SMILES string of the molecule is COC1CC(CO)N(S(N)(=O)=O)C1. The van der Waals surface area contributed by atoms with E-state index in [1.807, 2.05) is 0 Å². The molecule has 1 heterocycles. The van der Waals surface area contributed by atoms with Gasteiger partial charge in [-0.15, -0.1) is 0 Å². The molecular formula is C6H14N2O4S. The molecule has 13 heavy (non-hydrogen) atoms. The highest BCUT2D eigenvalue weighted by molar-refractivity contribution is 7.86. The molecule has 78 valence electrons. The molecule has 0 aliphatic carbocycles. The monoisotopic (exact) mass is 210 g/mol. The lowest BCUT2D eigenvalue weighted by Crippen LogP contribution is -2.42. The molecule has 1 rings (SSSR count). The maximum absolute atomic E-state index is 11.0. The van der Waals surface area contributed by atoms with Gasteiger partial charge in [0.05, 0.1) is 18.8 Å². The van der Waals surface area contributed by atoms with Gasteiger partial charge in [-0.05, 0) is 6.42 Å². The molecular weight excluding hydrogens is 196 g/mol. The molecule has 0 aromatic heterocycles. The van der Waals surface area contributed by atoms with Gasteiger partial charge in [-0.3, -0.25) is 0 Å². The van der Waals surface area contributed by atoms with Crippen LogP contribution in [0.2, 0.25) is 0 Å². The molecule has 2 atom stereocenters. The lowest BCUT2D eigenvalue weighted by molar-refractivity contribution is 0.113. The highest BCUT2D eigenvalue weighted by atomic mass is 32.2. The van der Waals surface area contributed by atoms with Crippen molar-refractivity contribution in [3.8, 4) is 0 Å². The van der Waals surface area contributed by atoms with Gasteiger partial charge >= 0.3 is 0 Å². The molecule has 0 radical (unpaired) electrons. The van der Waals surface area contributed by atoms with Crippen molar-refractivity contribution >= 4 is 10.2 Å². The molecule has 1 aliphatic rings. The number of hydrogen-bond donors (Lipinski definition) is 2. The Balaban J connectivity index is 2.75. The average molecular weight is 210 g/mol. The zero-order valence-electron chi connectivity index (χ0n) is 7.38. The number of rotatable bonds is 3. The normalized spacial score (nSPS) is 31.0. The standard InChI is InChI=1S/C6H14N2O4S/c1-12-6-2-5(4-9)8(3-6)13(7,10)11/h5-6,9H,2-4H2,1H3,(H2,7,10,11). The van der Waals surface area contributed by atoms with Crippen LogP contribution in [0.5, 0.6) is 0 Å². The average Bonchev–Trinajstić information content (AvgIpc) is 2.46. The van der Waals surface area contributed by atoms with Crippen LogP contribution < -0.4 is 5.14 Å². The topological polar surface area (TPSA) is 92.9 Å². The minimum Gasteiger partial charge on any atom is -0.395 e. The second-order valence-electron chi connectivity index (χ2n) is 3.04. The summed E-state index contributed by atoms with van der Waals surface area (Å²) in [5, 5.41) is 13.9. The van der Waals surface area contributed by atoms with Crippen LogP contribution >= 0.6 is 0 Å². The van der Waals surface area contributed by atoms with E-state index in [9.17, 15) is 8.42 Å². The number of aliphatic hydroxyl groups is 1. The molecule has 1 aliphatic heterocycles. The Morgan fingerprint density at radius 1 is 1.69 bits per heavy atom. The van der Waals surface area contributed by atoms with Gasteiger partial charge in [0, 0.05) is 13.7 Å². The van der Waals surface area contributed by atoms with Crippen LogP contribution in [0.4, 0.5) is 0 Å². The summed E-state index contributed by atoms with van der Waals surface area (Å²) in [6.45, 7) is -0.00313. The second kappa shape index (κ2) is 3.89. The zero-order valence-corrected chi connectivity index (χ0v) is 8.20. The van der Waals surface area contributed by atoms with E-state index >= 15 is 0 Å². The fraction of sp³-hybridized carbons (Fsp3) is 1.00. The molecule has 2 unspecified atom stereocenters. The summed E-state index contributed by atoms with van der Waals surface area (Å²) in [6, 6.07) is -0.444. The highest BCUT2D eigenvalue weighted by Crippen LogP contribution is 2.21. The lowest BCUT2D eigenvalue weighted by atomic mass is 10.2. The minimum absolute atomic E-state index is 0.171. The van der Waals surface area contributed by atoms with Crippen LogP contribution in [0.1, 0.15) is 6.42 Å². The van der Waals surface area contributed by atoms with E-state index < -0.39 is 16.3 Å². The van der Waals surface area contributed by atoms with Crippen molar-refractivity contribution in [2.75, 3.05) is 20.3 Å². The Labute approximate surface area is 77.5 Å². The van der Waals surface area contributed by atoms with E-state index in [2.05, 4.69) is 0 Å². The highest BCUT2D eigenvalue weighted by Gasteiger charge is 2.37. The summed E-state index contributed by atoms with van der Waals surface area (Å²) < 4.78 is 28.1. The van der Waals surface area contributed by atoms with E-state index in [1.54, 1.807) is 0 Å². The molecule has 0 saturated carbocycles. The van der Waals surface area contributed by atoms with Crippen molar-refractivity contribution in [2.24, 2.45) is 5.14 Å². The lowest BCUT2D eigenvalue weighted by Gasteiger charge is -2.18. The Hall–Kier alpha value is -0.210. The van der Waals surface area contributed by atoms with Gasteiger partial charge in [0.1, 0.15) is 0 Å². The first-order valence-corrected chi connectivity index (χ1v) is 5.42. The molecule has 0 spiro atoms. The third kappa shape index (κ3) is 2.38. The van der Waals surface area contributed by atoms with Crippen LogP contribution in [0.3, 0.4) is 0 Å². The Morgan fingerprint density at radius 3 is 2.62 bits per heavy atom. The summed E-state index contributed by atoms with van der Waals surface area (Å²) in [4.78, 5) is 0. The summed E-state index contributed by atoms with van der Waals surface area (Å²) in [6.07, 6.45) is 0.319. The Morgan fingerprint density at radius 2 is 2.31 bits per heavy atom. The van der Waals surface area contributed by atoms with Crippen molar-refractivity contribution in [2.45, 2.75) is 18.6 Å². The van der Waals surface area contributed by atoms with Crippen molar-refractivity contribution in [3.63, 3.8) is 0 Å². The quantitative estimate of drug-likeness (QED) is 0.579. The first-order chi connectivity index (χ1) is 5.99. The Bertz CT molecular complexity index is 266. The fourth-order valence-electron chi connectivity index (χ4n) is 1.49. The van der Waals surface area contributed by atoms with E-state index in [0.29, 0.717) is 6.42 Å². The van der Waals surface area contributed by atoms with Crippen molar-refractivity contribution in [1.29, 1.82) is 0 Å². The van der Waals surface area contributed by atoms with Crippen molar-refractivity contribution in [3.05, 3.63) is 0 Å². The van der Waals surface area contributed by atoms with Crippen LogP contribution in [0.25, 0.3) is 0 Å². The summed E-state index contributed by atoms with van der Waals surface area (Å²) in [7, 11) is -2.21. The molecule has 1 fully saturated rings. The number of nitrogens with two attached hydrogens (primary N) is 1. The molecule has 3 N–H and O–H groups in total. The maximum Gasteiger partial charge on any atom is 0.277 e. The fourth-order valence-corrected chi connectivity index (χ4v) is 2.44. The maximum atomic E-state index is 11.0. The van der Waals surface area contributed by atoms with Gasteiger partial charge in [0.15, 0.2) is 0 Å². The van der Waals surface area contributed by atoms with Crippen LogP contribution in [0.15, 0.2) is 0 Å². The predicted octanol–water partition coefficient (Wildman–Crippen LogP) is -1.73. The third-order valence-corrected chi connectivity index (χ3v) is 3.30. The number of nitrogens with zero attached hydrogens (tertiary/aromatic N) is 1. The first kappa shape index (κ1) is 10.9. The smallest absolute Gasteiger partial charge is 0.277 e. The molecule has 0 amide bonds. The van der Waals surface area contributed by atoms with Crippen LogP contribution in [-0.2, 0) is 14.9 Å². The molecule has 0 aromatic rings. The first-order valence-electron chi connectivity index (χ1n) is 3.92. The Kier molecular flexibility index (Phi) is 3.25. The summed E-state index contributed by atoms with van der Waals surface area (Å²) in [5.74, 6) is 0. The largest absolute Gasteiger partial charge is 0.395 e. The van der Waals surface area contributed by atoms with E-state index in [1.165, 1.54) is 7.11 Å². The van der Waals surface area contributed by atoms with Gasteiger partial charge < -0.3 is 9.84 Å². The van der Waals surface area contributed by atoms with Crippen molar-refractivity contribution < 1.29 is 18.3 Å². The van der Waals surface area contributed by atoms with Crippen LogP contribution in [0, 0.1) is 0 Å². The molecule has 6 nitrogen and oxygen atoms in total. The van der Waals surface area contributed by atoms with Gasteiger partial charge in [0.2, 0.25) is 0 Å². The number of aliphatic hydroxyl groups excluding tert-OH is 1. The van der Waals surface area contributed by atoms with Gasteiger partial charge in [-0.25, -0.2) is 5.14 Å². The zero-order chi connectivity index (χ0) is 10.1. The summed E-state index contributed by atoms with van der Waals surface area (Å²) in [5.41, 5.74) is 0. The van der Waals surface area contributed by atoms with Crippen molar-refractivity contribution in [1.82, 2.24) is 4.31 Å². The number of ether oxygens (including phenoxy) is 1. The minimum atomic E-state index is -3.71. The molecule has 1 saturated heterocycles. The molecule has 7 heteroatoms. The number of hydrogen-bond acceptors (Lipinski definition) is 4. The van der Waals surface area contributed by atoms with E-state index in [4.69, 9.17) is 15.0 Å².